The van der Waals surface area contributed by atoms with E-state index in [9.17, 15) is 9.59 Å². The second-order valence-corrected chi connectivity index (χ2v) is 5.22. The zero-order valence-corrected chi connectivity index (χ0v) is 14.0. The summed E-state index contributed by atoms with van der Waals surface area (Å²) >= 11 is 0. The number of azo groups is 1. The zero-order chi connectivity index (χ0) is 19.1. The molecule has 10 nitrogen and oxygen atoms in total. The predicted molar refractivity (Wildman–Crippen MR) is 96.2 cm³/mol. The summed E-state index contributed by atoms with van der Waals surface area (Å²) in [6, 6.07) is 8.96. The lowest BCUT2D eigenvalue weighted by molar-refractivity contribution is -0.132. The maximum atomic E-state index is 11.6. The number of ether oxygens (including phenoxy) is 1. The highest BCUT2D eigenvalue weighted by Crippen LogP contribution is 2.30. The summed E-state index contributed by atoms with van der Waals surface area (Å²) in [5.74, 6) is -0.447. The van der Waals surface area contributed by atoms with Gasteiger partial charge in [0.25, 0.3) is 0 Å². The minimum Gasteiger partial charge on any atom is -0.423 e. The van der Waals surface area contributed by atoms with Crippen LogP contribution >= 0.6 is 0 Å². The molecule has 26 heavy (non-hydrogen) atoms. The molecule has 0 saturated carbocycles. The quantitative estimate of drug-likeness (QED) is 0.342. The Hall–Kier alpha value is -3.37. The minimum atomic E-state index is -0.676. The molecule has 1 heterocycles. The van der Waals surface area contributed by atoms with E-state index in [-0.39, 0.29) is 35.5 Å². The second-order valence-electron chi connectivity index (χ2n) is 5.22. The number of esters is 1. The van der Waals surface area contributed by atoms with Crippen molar-refractivity contribution < 1.29 is 14.3 Å². The minimum absolute atomic E-state index is 0.0626. The number of para-hydroxylation sites is 1. The molecule has 10 heteroatoms. The first-order valence-corrected chi connectivity index (χ1v) is 7.65. The van der Waals surface area contributed by atoms with Crippen LogP contribution in [-0.2, 0) is 9.59 Å². The molecule has 0 fully saturated rings. The molecule has 2 rings (SSSR count). The summed E-state index contributed by atoms with van der Waals surface area (Å²) < 4.78 is 5.07. The molecule has 1 amide bonds. The lowest BCUT2D eigenvalue weighted by atomic mass is 10.3. The van der Waals surface area contributed by atoms with Gasteiger partial charge in [-0.25, -0.2) is 4.98 Å². The molecule has 0 aliphatic heterocycles. The number of nitrogen functional groups attached to an aromatic ring is 1. The van der Waals surface area contributed by atoms with E-state index in [4.69, 9.17) is 21.9 Å². The number of hydrogen-bond donors (Lipinski definition) is 4. The Morgan fingerprint density at radius 3 is 2.54 bits per heavy atom. The Balaban J connectivity index is 2.18. The first-order valence-electron chi connectivity index (χ1n) is 7.65. The third-order valence-electron chi connectivity index (χ3n) is 3.09. The van der Waals surface area contributed by atoms with Crippen LogP contribution in [0.2, 0.25) is 0 Å². The van der Waals surface area contributed by atoms with E-state index >= 15 is 0 Å². The Kier molecular flexibility index (Phi) is 6.31. The van der Waals surface area contributed by atoms with Gasteiger partial charge in [0.05, 0.1) is 12.6 Å². The van der Waals surface area contributed by atoms with Gasteiger partial charge in [-0.15, -0.1) is 10.2 Å². The summed E-state index contributed by atoms with van der Waals surface area (Å²) in [6.07, 6.45) is 0. The van der Waals surface area contributed by atoms with Gasteiger partial charge in [0, 0.05) is 0 Å². The smallest absolute Gasteiger partial charge is 0.325 e. The molecule has 0 saturated heterocycles. The molecule has 0 spiro atoms. The van der Waals surface area contributed by atoms with Gasteiger partial charge in [-0.3, -0.25) is 9.59 Å². The van der Waals surface area contributed by atoms with E-state index in [1.807, 2.05) is 0 Å². The SMILES string of the molecule is C[C@H](N)C(=O)Nc1ccc(N=Nc2ccccc2OC(=O)CN)c(N)n1. The van der Waals surface area contributed by atoms with E-state index in [1.54, 1.807) is 31.2 Å². The average molecular weight is 357 g/mol. The number of nitrogens with zero attached hydrogens (tertiary/aromatic N) is 3. The van der Waals surface area contributed by atoms with Crippen molar-refractivity contribution in [1.82, 2.24) is 4.98 Å². The van der Waals surface area contributed by atoms with Gasteiger partial charge in [0.2, 0.25) is 5.91 Å². The summed E-state index contributed by atoms with van der Waals surface area (Å²) in [6.45, 7) is 1.30. The fourth-order valence-electron chi connectivity index (χ4n) is 1.76. The zero-order valence-electron chi connectivity index (χ0n) is 14.0. The normalized spacial score (nSPS) is 12.0. The molecule has 1 aromatic heterocycles. The molecule has 0 bridgehead atoms. The molecule has 2 aromatic rings. The summed E-state index contributed by atoms with van der Waals surface area (Å²) in [5, 5.41) is 10.5. The van der Waals surface area contributed by atoms with Crippen molar-refractivity contribution in [2.75, 3.05) is 17.6 Å². The number of nitrogens with one attached hydrogen (secondary N) is 1. The van der Waals surface area contributed by atoms with Gasteiger partial charge in [-0.2, -0.15) is 0 Å². The third-order valence-corrected chi connectivity index (χ3v) is 3.09. The van der Waals surface area contributed by atoms with E-state index in [2.05, 4.69) is 20.5 Å². The van der Waals surface area contributed by atoms with Gasteiger partial charge in [0.15, 0.2) is 11.6 Å². The summed E-state index contributed by atoms with van der Waals surface area (Å²) in [5.41, 5.74) is 17.1. The highest BCUT2D eigenvalue weighted by Gasteiger charge is 2.10. The van der Waals surface area contributed by atoms with Gasteiger partial charge in [0.1, 0.15) is 17.2 Å². The average Bonchev–Trinajstić information content (AvgIpc) is 2.62. The number of amides is 1. The van der Waals surface area contributed by atoms with Crippen LogP contribution < -0.4 is 27.3 Å². The number of pyridine rings is 1. The third kappa shape index (κ3) is 5.06. The van der Waals surface area contributed by atoms with E-state index in [0.29, 0.717) is 5.69 Å². The number of carbonyl (C=O) groups is 2. The molecular formula is C16H19N7O3. The molecule has 0 aliphatic carbocycles. The number of anilines is 2. The second kappa shape index (κ2) is 8.65. The van der Waals surface area contributed by atoms with Crippen molar-refractivity contribution in [3.05, 3.63) is 36.4 Å². The van der Waals surface area contributed by atoms with Crippen LogP contribution in [0.1, 0.15) is 6.92 Å². The van der Waals surface area contributed by atoms with Crippen LogP contribution in [-0.4, -0.2) is 29.4 Å². The van der Waals surface area contributed by atoms with Crippen molar-refractivity contribution in [3.8, 4) is 5.75 Å². The van der Waals surface area contributed by atoms with E-state index in [0.717, 1.165) is 0 Å². The first kappa shape index (κ1) is 19.0. The Bertz CT molecular complexity index is 836. The fourth-order valence-corrected chi connectivity index (χ4v) is 1.76. The standard InChI is InChI=1S/C16H19N7O3/c1-9(18)16(25)21-13-7-6-11(15(19)20-13)23-22-10-4-2-3-5-12(10)26-14(24)8-17/h2-7,9H,8,17-18H2,1H3,(H3,19,20,21,25)/t9-/m0/s1. The van der Waals surface area contributed by atoms with Crippen LogP contribution in [0.4, 0.5) is 23.0 Å². The van der Waals surface area contributed by atoms with Crippen LogP contribution in [0.3, 0.4) is 0 Å². The largest absolute Gasteiger partial charge is 0.423 e. The van der Waals surface area contributed by atoms with Crippen LogP contribution in [0.25, 0.3) is 0 Å². The number of aromatic nitrogens is 1. The van der Waals surface area contributed by atoms with Crippen molar-refractivity contribution in [1.29, 1.82) is 0 Å². The Morgan fingerprint density at radius 2 is 1.88 bits per heavy atom. The molecule has 136 valence electrons. The number of hydrogen-bond acceptors (Lipinski definition) is 9. The van der Waals surface area contributed by atoms with E-state index in [1.165, 1.54) is 12.1 Å². The number of nitrogens with two attached hydrogens (primary N) is 3. The molecule has 0 unspecified atom stereocenters. The van der Waals surface area contributed by atoms with Gasteiger partial charge < -0.3 is 27.3 Å². The summed E-state index contributed by atoms with van der Waals surface area (Å²) in [7, 11) is 0. The van der Waals surface area contributed by atoms with Crippen molar-refractivity contribution in [2.24, 2.45) is 21.7 Å². The number of rotatable bonds is 6. The monoisotopic (exact) mass is 357 g/mol. The molecule has 0 radical (unpaired) electrons. The van der Waals surface area contributed by atoms with Gasteiger partial charge in [-0.1, -0.05) is 12.1 Å². The lowest BCUT2D eigenvalue weighted by Gasteiger charge is -2.08. The van der Waals surface area contributed by atoms with Crippen LogP contribution in [0.5, 0.6) is 5.75 Å². The molecule has 1 atom stereocenters. The summed E-state index contributed by atoms with van der Waals surface area (Å²) in [4.78, 5) is 26.9. The predicted octanol–water partition coefficient (Wildman–Crippen LogP) is 1.23. The molecule has 1 aromatic carbocycles. The maximum absolute atomic E-state index is 11.6. The van der Waals surface area contributed by atoms with E-state index < -0.39 is 12.0 Å². The Labute approximate surface area is 149 Å². The number of carbonyl (C=O) groups excluding carboxylic acids is 2. The maximum Gasteiger partial charge on any atom is 0.325 e. The molecular weight excluding hydrogens is 338 g/mol. The van der Waals surface area contributed by atoms with Gasteiger partial charge in [-0.05, 0) is 31.2 Å². The first-order chi connectivity index (χ1) is 12.4. The van der Waals surface area contributed by atoms with Crippen molar-refractivity contribution in [2.45, 2.75) is 13.0 Å². The van der Waals surface area contributed by atoms with Crippen molar-refractivity contribution in [3.63, 3.8) is 0 Å². The molecule has 7 N–H and O–H groups in total. The van der Waals surface area contributed by atoms with Crippen LogP contribution in [0.15, 0.2) is 46.6 Å². The van der Waals surface area contributed by atoms with Gasteiger partial charge >= 0.3 is 5.97 Å². The van der Waals surface area contributed by atoms with Crippen molar-refractivity contribution >= 4 is 34.9 Å². The highest BCUT2D eigenvalue weighted by molar-refractivity contribution is 5.93. The highest BCUT2D eigenvalue weighted by atomic mass is 16.5. The lowest BCUT2D eigenvalue weighted by Crippen LogP contribution is -2.32. The van der Waals surface area contributed by atoms with Crippen LogP contribution in [0, 0.1) is 0 Å². The molecule has 0 aliphatic rings. The topological polar surface area (TPSA) is 171 Å². The fraction of sp³-hybridized carbons (Fsp3) is 0.188. The number of benzene rings is 1. The Morgan fingerprint density at radius 1 is 1.19 bits per heavy atom.